The Kier molecular flexibility index (Phi) is 4.05. The van der Waals surface area contributed by atoms with E-state index in [-0.39, 0.29) is 5.56 Å². The molecule has 0 saturated heterocycles. The van der Waals surface area contributed by atoms with Gasteiger partial charge in [-0.05, 0) is 24.3 Å². The zero-order valence-corrected chi connectivity index (χ0v) is 11.7. The van der Waals surface area contributed by atoms with E-state index in [0.717, 1.165) is 18.0 Å². The summed E-state index contributed by atoms with van der Waals surface area (Å²) in [4.78, 5) is 20.4. The van der Waals surface area contributed by atoms with E-state index in [1.54, 1.807) is 42.9 Å². The predicted molar refractivity (Wildman–Crippen MR) is 78.9 cm³/mol. The van der Waals surface area contributed by atoms with Crippen LogP contribution in [0.1, 0.15) is 16.9 Å². The van der Waals surface area contributed by atoms with Crippen molar-refractivity contribution in [2.75, 3.05) is 5.32 Å². The number of alkyl halides is 2. The van der Waals surface area contributed by atoms with E-state index in [0.29, 0.717) is 16.1 Å². The van der Waals surface area contributed by atoms with Crippen LogP contribution in [0.15, 0.2) is 55.2 Å². The van der Waals surface area contributed by atoms with Gasteiger partial charge >= 0.3 is 6.55 Å². The second kappa shape index (κ2) is 6.30. The Morgan fingerprint density at radius 1 is 1.17 bits per heavy atom. The molecule has 0 bridgehead atoms. The number of amides is 1. The molecule has 1 N–H and O–H groups in total. The average molecular weight is 315 g/mol. The quantitative estimate of drug-likeness (QED) is 0.803. The van der Waals surface area contributed by atoms with E-state index in [4.69, 9.17) is 0 Å². The molecule has 0 aliphatic carbocycles. The molecule has 0 aliphatic rings. The van der Waals surface area contributed by atoms with Gasteiger partial charge in [0.05, 0.1) is 23.1 Å². The van der Waals surface area contributed by atoms with Gasteiger partial charge in [0.2, 0.25) is 0 Å². The van der Waals surface area contributed by atoms with Crippen LogP contribution < -0.4 is 5.32 Å². The highest BCUT2D eigenvalue weighted by Gasteiger charge is 2.15. The number of carbonyl (C=O) groups is 1. The van der Waals surface area contributed by atoms with Gasteiger partial charge in [-0.25, -0.2) is 4.68 Å². The fourth-order valence-corrected chi connectivity index (χ4v) is 2.00. The van der Waals surface area contributed by atoms with Crippen molar-refractivity contribution < 1.29 is 13.6 Å². The summed E-state index contributed by atoms with van der Waals surface area (Å²) in [7, 11) is 0. The number of anilines is 1. The zero-order valence-electron chi connectivity index (χ0n) is 11.7. The van der Waals surface area contributed by atoms with Crippen LogP contribution in [0.4, 0.5) is 14.5 Å². The van der Waals surface area contributed by atoms with Crippen molar-refractivity contribution in [3.8, 4) is 11.3 Å². The largest absolute Gasteiger partial charge is 0.333 e. The average Bonchev–Trinajstić information content (AvgIpc) is 3.07. The number of rotatable bonds is 4. The van der Waals surface area contributed by atoms with Crippen molar-refractivity contribution >= 4 is 11.6 Å². The van der Waals surface area contributed by atoms with Crippen molar-refractivity contribution in [3.05, 3.63) is 60.8 Å². The summed E-state index contributed by atoms with van der Waals surface area (Å²) in [5, 5.41) is 6.09. The molecule has 0 radical (unpaired) electrons. The summed E-state index contributed by atoms with van der Waals surface area (Å²) in [6, 6.07) is 6.89. The Hall–Kier alpha value is -3.16. The van der Waals surface area contributed by atoms with Gasteiger partial charge in [0.1, 0.15) is 0 Å². The number of carbonyl (C=O) groups excluding carboxylic acids is 1. The minimum atomic E-state index is -2.79. The number of nitrogens with zero attached hydrogens (tertiary/aromatic N) is 4. The minimum Gasteiger partial charge on any atom is -0.320 e. The number of pyridine rings is 2. The first-order chi connectivity index (χ1) is 11.1. The van der Waals surface area contributed by atoms with E-state index in [1.807, 2.05) is 0 Å². The topological polar surface area (TPSA) is 72.7 Å². The fourth-order valence-electron chi connectivity index (χ4n) is 2.00. The van der Waals surface area contributed by atoms with Crippen LogP contribution in [0.5, 0.6) is 0 Å². The molecule has 6 nitrogen and oxygen atoms in total. The second-order valence-electron chi connectivity index (χ2n) is 4.58. The molecule has 0 atom stereocenters. The summed E-state index contributed by atoms with van der Waals surface area (Å²) in [6.45, 7) is -2.79. The van der Waals surface area contributed by atoms with Crippen LogP contribution in [-0.2, 0) is 0 Å². The molecular weight excluding hydrogens is 304 g/mol. The summed E-state index contributed by atoms with van der Waals surface area (Å²) >= 11 is 0. The van der Waals surface area contributed by atoms with Crippen molar-refractivity contribution in [2.24, 2.45) is 0 Å². The molecule has 3 aromatic heterocycles. The van der Waals surface area contributed by atoms with Crippen LogP contribution in [0.3, 0.4) is 0 Å². The van der Waals surface area contributed by atoms with Gasteiger partial charge in [-0.1, -0.05) is 0 Å². The van der Waals surface area contributed by atoms with E-state index in [9.17, 15) is 13.6 Å². The van der Waals surface area contributed by atoms with Crippen LogP contribution in [0.25, 0.3) is 11.3 Å². The Morgan fingerprint density at radius 2 is 2.00 bits per heavy atom. The first kappa shape index (κ1) is 14.8. The molecule has 0 aliphatic heterocycles. The highest BCUT2D eigenvalue weighted by molar-refractivity contribution is 6.05. The number of halogens is 2. The molecule has 3 aromatic rings. The van der Waals surface area contributed by atoms with Gasteiger partial charge in [-0.3, -0.25) is 14.8 Å². The number of nitrogens with one attached hydrogen (secondary N) is 1. The maximum Gasteiger partial charge on any atom is 0.333 e. The Morgan fingerprint density at radius 3 is 2.70 bits per heavy atom. The smallest absolute Gasteiger partial charge is 0.320 e. The van der Waals surface area contributed by atoms with E-state index in [1.165, 1.54) is 0 Å². The monoisotopic (exact) mass is 315 g/mol. The Labute approximate surface area is 129 Å². The lowest BCUT2D eigenvalue weighted by Crippen LogP contribution is -2.12. The maximum absolute atomic E-state index is 12.5. The SMILES string of the molecule is O=C(Nc1cccnc1-c1cccnc1)c1cnn(C(F)F)c1. The molecule has 0 aromatic carbocycles. The summed E-state index contributed by atoms with van der Waals surface area (Å²) in [6.07, 6.45) is 6.91. The number of aromatic nitrogens is 4. The van der Waals surface area contributed by atoms with Crippen LogP contribution in [0, 0.1) is 0 Å². The van der Waals surface area contributed by atoms with Crippen molar-refractivity contribution in [1.82, 2.24) is 19.7 Å². The van der Waals surface area contributed by atoms with E-state index in [2.05, 4.69) is 20.4 Å². The van der Waals surface area contributed by atoms with E-state index >= 15 is 0 Å². The first-order valence-corrected chi connectivity index (χ1v) is 6.64. The van der Waals surface area contributed by atoms with Gasteiger partial charge in [-0.15, -0.1) is 0 Å². The fraction of sp³-hybridized carbons (Fsp3) is 0.0667. The summed E-state index contributed by atoms with van der Waals surface area (Å²) < 4.78 is 25.4. The number of hydrogen-bond acceptors (Lipinski definition) is 4. The molecular formula is C15H11F2N5O. The summed E-state index contributed by atoms with van der Waals surface area (Å²) in [5.74, 6) is -0.546. The lowest BCUT2D eigenvalue weighted by molar-refractivity contribution is 0.0565. The lowest BCUT2D eigenvalue weighted by Gasteiger charge is -2.09. The molecule has 0 unspecified atom stereocenters. The minimum absolute atomic E-state index is 0.0336. The van der Waals surface area contributed by atoms with E-state index < -0.39 is 12.5 Å². The molecule has 0 spiro atoms. The third-order valence-electron chi connectivity index (χ3n) is 3.05. The third-order valence-corrected chi connectivity index (χ3v) is 3.05. The molecule has 23 heavy (non-hydrogen) atoms. The molecule has 0 fully saturated rings. The van der Waals surface area contributed by atoms with Gasteiger partial charge in [0.25, 0.3) is 5.91 Å². The second-order valence-corrected chi connectivity index (χ2v) is 4.58. The van der Waals surface area contributed by atoms with Crippen molar-refractivity contribution in [1.29, 1.82) is 0 Å². The normalized spacial score (nSPS) is 10.7. The van der Waals surface area contributed by atoms with Gasteiger partial charge in [0.15, 0.2) is 0 Å². The molecule has 3 heterocycles. The Balaban J connectivity index is 1.87. The van der Waals surface area contributed by atoms with Crippen LogP contribution in [-0.4, -0.2) is 25.7 Å². The standard InChI is InChI=1S/C15H11F2N5O/c16-15(17)22-9-11(8-20-22)14(23)21-12-4-2-6-19-13(12)10-3-1-5-18-7-10/h1-9,15H,(H,21,23). The third kappa shape index (κ3) is 3.20. The van der Waals surface area contributed by atoms with Crippen LogP contribution >= 0.6 is 0 Å². The van der Waals surface area contributed by atoms with Crippen molar-refractivity contribution in [2.45, 2.75) is 6.55 Å². The maximum atomic E-state index is 12.5. The summed E-state index contributed by atoms with van der Waals surface area (Å²) in [5.41, 5.74) is 1.75. The van der Waals surface area contributed by atoms with Crippen molar-refractivity contribution in [3.63, 3.8) is 0 Å². The van der Waals surface area contributed by atoms with Gasteiger partial charge < -0.3 is 5.32 Å². The van der Waals surface area contributed by atoms with Crippen LogP contribution in [0.2, 0.25) is 0 Å². The first-order valence-electron chi connectivity index (χ1n) is 6.64. The molecule has 1 amide bonds. The molecule has 116 valence electrons. The molecule has 0 saturated carbocycles. The molecule has 8 heteroatoms. The molecule has 3 rings (SSSR count). The highest BCUT2D eigenvalue weighted by Crippen LogP contribution is 2.25. The zero-order chi connectivity index (χ0) is 16.2. The number of hydrogen-bond donors (Lipinski definition) is 1. The Bertz CT molecular complexity index is 819. The lowest BCUT2D eigenvalue weighted by atomic mass is 10.1. The predicted octanol–water partition coefficient (Wildman–Crippen LogP) is 2.99. The van der Waals surface area contributed by atoms with Gasteiger partial charge in [0, 0.05) is 30.4 Å². The highest BCUT2D eigenvalue weighted by atomic mass is 19.3. The van der Waals surface area contributed by atoms with Gasteiger partial charge in [-0.2, -0.15) is 13.9 Å².